The first-order valence-electron chi connectivity index (χ1n) is 5.79. The van der Waals surface area contributed by atoms with Gasteiger partial charge in [0.05, 0.1) is 5.60 Å². The van der Waals surface area contributed by atoms with E-state index in [2.05, 4.69) is 23.8 Å². The number of nitrogens with two attached hydrogens (primary N) is 1. The number of hydrogen-bond donors (Lipinski definition) is 2. The van der Waals surface area contributed by atoms with Crippen LogP contribution in [0.15, 0.2) is 0 Å². The van der Waals surface area contributed by atoms with Gasteiger partial charge in [-0.3, -0.25) is 4.90 Å². The minimum absolute atomic E-state index is 0.338. The number of aliphatic hydroxyl groups is 1. The summed E-state index contributed by atoms with van der Waals surface area (Å²) in [5.74, 6) is 0. The average molecular weight is 215 g/mol. The van der Waals surface area contributed by atoms with Crippen molar-refractivity contribution in [2.75, 3.05) is 39.8 Å². The van der Waals surface area contributed by atoms with E-state index in [1.165, 1.54) is 0 Å². The molecule has 0 aromatic rings. The molecule has 0 aliphatic carbocycles. The minimum Gasteiger partial charge on any atom is -0.389 e. The minimum atomic E-state index is -0.719. The van der Waals surface area contributed by atoms with Crippen molar-refractivity contribution in [1.29, 1.82) is 0 Å². The molecule has 0 aromatic heterocycles. The lowest BCUT2D eigenvalue weighted by Crippen LogP contribution is -2.50. The third-order valence-electron chi connectivity index (χ3n) is 3.34. The van der Waals surface area contributed by atoms with Crippen molar-refractivity contribution >= 4 is 0 Å². The van der Waals surface area contributed by atoms with Gasteiger partial charge in [-0.25, -0.2) is 0 Å². The molecule has 1 rings (SSSR count). The fraction of sp³-hybridized carbons (Fsp3) is 1.00. The summed E-state index contributed by atoms with van der Waals surface area (Å²) >= 11 is 0. The van der Waals surface area contributed by atoms with Crippen LogP contribution in [-0.2, 0) is 0 Å². The van der Waals surface area contributed by atoms with Crippen LogP contribution in [0.4, 0.5) is 0 Å². The van der Waals surface area contributed by atoms with E-state index < -0.39 is 5.60 Å². The summed E-state index contributed by atoms with van der Waals surface area (Å²) in [5, 5.41) is 9.91. The highest BCUT2D eigenvalue weighted by Crippen LogP contribution is 2.16. The van der Waals surface area contributed by atoms with Crippen molar-refractivity contribution in [3.63, 3.8) is 0 Å². The molecule has 1 aliphatic rings. The molecule has 0 aromatic carbocycles. The van der Waals surface area contributed by atoms with E-state index in [4.69, 9.17) is 5.73 Å². The predicted octanol–water partition coefficient (Wildman–Crippen LogP) is -0.278. The molecule has 0 bridgehead atoms. The third kappa shape index (κ3) is 4.07. The van der Waals surface area contributed by atoms with Gasteiger partial charge in [0.25, 0.3) is 0 Å². The van der Waals surface area contributed by atoms with Gasteiger partial charge in [0, 0.05) is 38.8 Å². The van der Waals surface area contributed by atoms with Gasteiger partial charge in [0.15, 0.2) is 0 Å². The van der Waals surface area contributed by atoms with Crippen molar-refractivity contribution in [2.45, 2.75) is 31.9 Å². The Bertz CT molecular complexity index is 188. The normalized spacial score (nSPS) is 26.2. The molecule has 4 nitrogen and oxygen atoms in total. The molecule has 0 saturated carbocycles. The molecule has 1 aliphatic heterocycles. The number of piperazine rings is 1. The first-order chi connectivity index (χ1) is 6.94. The summed E-state index contributed by atoms with van der Waals surface area (Å²) in [6.07, 6.45) is 0.757. The van der Waals surface area contributed by atoms with E-state index in [0.717, 1.165) is 32.6 Å². The third-order valence-corrected chi connectivity index (χ3v) is 3.34. The van der Waals surface area contributed by atoms with Crippen LogP contribution in [0.2, 0.25) is 0 Å². The highest BCUT2D eigenvalue weighted by atomic mass is 16.3. The predicted molar refractivity (Wildman–Crippen MR) is 62.8 cm³/mol. The van der Waals surface area contributed by atoms with Crippen LogP contribution >= 0.6 is 0 Å². The molecule has 3 N–H and O–H groups in total. The molecule has 1 fully saturated rings. The molecule has 0 radical (unpaired) electrons. The number of likely N-dealkylation sites (N-methyl/N-ethyl adjacent to an activating group) is 1. The van der Waals surface area contributed by atoms with Crippen LogP contribution in [0.5, 0.6) is 0 Å². The van der Waals surface area contributed by atoms with Crippen molar-refractivity contribution in [2.24, 2.45) is 5.73 Å². The number of nitrogens with zero attached hydrogens (tertiary/aromatic N) is 2. The van der Waals surface area contributed by atoms with E-state index in [1.807, 2.05) is 6.92 Å². The van der Waals surface area contributed by atoms with E-state index in [-0.39, 0.29) is 0 Å². The SMILES string of the molecule is CC(CC(C)(O)CN)N1CCN(C)CC1. The van der Waals surface area contributed by atoms with Crippen molar-refractivity contribution in [1.82, 2.24) is 9.80 Å². The first-order valence-corrected chi connectivity index (χ1v) is 5.79. The Morgan fingerprint density at radius 1 is 1.33 bits per heavy atom. The molecule has 15 heavy (non-hydrogen) atoms. The largest absolute Gasteiger partial charge is 0.389 e. The van der Waals surface area contributed by atoms with Gasteiger partial charge in [-0.05, 0) is 27.3 Å². The highest BCUT2D eigenvalue weighted by Gasteiger charge is 2.26. The van der Waals surface area contributed by atoms with Gasteiger partial charge in [-0.15, -0.1) is 0 Å². The standard InChI is InChI=1S/C11H25N3O/c1-10(8-11(2,15)9-12)14-6-4-13(3)5-7-14/h10,15H,4-9,12H2,1-3H3. The molecule has 0 amide bonds. The first kappa shape index (κ1) is 12.9. The maximum atomic E-state index is 9.91. The Hall–Kier alpha value is -0.160. The van der Waals surface area contributed by atoms with Crippen LogP contribution in [0.25, 0.3) is 0 Å². The molecular formula is C11H25N3O. The second-order valence-electron chi connectivity index (χ2n) is 5.09. The topological polar surface area (TPSA) is 52.7 Å². The molecule has 1 heterocycles. The summed E-state index contributed by atoms with van der Waals surface area (Å²) in [7, 11) is 2.15. The Labute approximate surface area is 93.0 Å². The van der Waals surface area contributed by atoms with Gasteiger partial charge < -0.3 is 15.7 Å². The highest BCUT2D eigenvalue weighted by molar-refractivity contribution is 4.82. The van der Waals surface area contributed by atoms with Crippen LogP contribution in [0, 0.1) is 0 Å². The summed E-state index contributed by atoms with van der Waals surface area (Å²) in [4.78, 5) is 4.77. The molecule has 2 atom stereocenters. The second-order valence-corrected chi connectivity index (χ2v) is 5.09. The zero-order chi connectivity index (χ0) is 11.5. The molecule has 2 unspecified atom stereocenters. The van der Waals surface area contributed by atoms with Crippen molar-refractivity contribution in [3.8, 4) is 0 Å². The zero-order valence-corrected chi connectivity index (χ0v) is 10.2. The van der Waals surface area contributed by atoms with Crippen molar-refractivity contribution in [3.05, 3.63) is 0 Å². The number of rotatable bonds is 4. The van der Waals surface area contributed by atoms with Crippen LogP contribution < -0.4 is 5.73 Å². The Kier molecular flexibility index (Phi) is 4.52. The molecular weight excluding hydrogens is 190 g/mol. The monoisotopic (exact) mass is 215 g/mol. The van der Waals surface area contributed by atoms with Gasteiger partial charge in [0.1, 0.15) is 0 Å². The lowest BCUT2D eigenvalue weighted by atomic mass is 9.97. The van der Waals surface area contributed by atoms with Gasteiger partial charge >= 0.3 is 0 Å². The maximum Gasteiger partial charge on any atom is 0.0756 e. The maximum absolute atomic E-state index is 9.91. The van der Waals surface area contributed by atoms with Crippen molar-refractivity contribution < 1.29 is 5.11 Å². The van der Waals surface area contributed by atoms with Crippen LogP contribution in [0.3, 0.4) is 0 Å². The molecule has 90 valence electrons. The second kappa shape index (κ2) is 5.25. The fourth-order valence-electron chi connectivity index (χ4n) is 2.11. The Morgan fingerprint density at radius 3 is 2.33 bits per heavy atom. The fourth-order valence-corrected chi connectivity index (χ4v) is 2.11. The molecule has 1 saturated heterocycles. The van der Waals surface area contributed by atoms with Crippen LogP contribution in [0.1, 0.15) is 20.3 Å². The van der Waals surface area contributed by atoms with Gasteiger partial charge in [0.2, 0.25) is 0 Å². The quantitative estimate of drug-likeness (QED) is 0.677. The summed E-state index contributed by atoms with van der Waals surface area (Å²) in [6, 6.07) is 0.414. The van der Waals surface area contributed by atoms with E-state index >= 15 is 0 Å². The lowest BCUT2D eigenvalue weighted by Gasteiger charge is -2.38. The Balaban J connectivity index is 2.37. The summed E-state index contributed by atoms with van der Waals surface area (Å²) in [5.41, 5.74) is 4.81. The van der Waals surface area contributed by atoms with E-state index in [1.54, 1.807) is 0 Å². The molecule has 4 heteroatoms. The number of hydrogen-bond acceptors (Lipinski definition) is 4. The van der Waals surface area contributed by atoms with Gasteiger partial charge in [-0.1, -0.05) is 0 Å². The molecule has 0 spiro atoms. The van der Waals surface area contributed by atoms with E-state index in [0.29, 0.717) is 12.6 Å². The van der Waals surface area contributed by atoms with Crippen LogP contribution in [-0.4, -0.2) is 66.3 Å². The zero-order valence-electron chi connectivity index (χ0n) is 10.2. The van der Waals surface area contributed by atoms with E-state index in [9.17, 15) is 5.11 Å². The smallest absolute Gasteiger partial charge is 0.0756 e. The van der Waals surface area contributed by atoms with Gasteiger partial charge in [-0.2, -0.15) is 0 Å². The summed E-state index contributed by atoms with van der Waals surface area (Å²) < 4.78 is 0. The lowest BCUT2D eigenvalue weighted by molar-refractivity contribution is 0.0185. The Morgan fingerprint density at radius 2 is 1.87 bits per heavy atom. The summed E-state index contributed by atoms with van der Waals surface area (Å²) in [6.45, 7) is 8.76. The average Bonchev–Trinajstić information content (AvgIpc) is 2.18.